The van der Waals surface area contributed by atoms with E-state index in [4.69, 9.17) is 5.73 Å². The number of carbonyl (C=O) groups is 1. The molecule has 1 heterocycles. The highest BCUT2D eigenvalue weighted by molar-refractivity contribution is 7.98. The lowest BCUT2D eigenvalue weighted by Crippen LogP contribution is -2.41. The smallest absolute Gasteiger partial charge is 0.330 e. The Morgan fingerprint density at radius 1 is 1.23 bits per heavy atom. The van der Waals surface area contributed by atoms with E-state index in [0.29, 0.717) is 12.1 Å². The topological polar surface area (TPSA) is 101 Å². The van der Waals surface area contributed by atoms with Crippen LogP contribution in [0.25, 0.3) is 0 Å². The number of nitrogens with zero attached hydrogens (tertiary/aromatic N) is 2. The molecule has 0 atom stereocenters. The number of nitrogens with two attached hydrogens (primary N) is 1. The first kappa shape index (κ1) is 19.8. The van der Waals surface area contributed by atoms with Gasteiger partial charge in [0.2, 0.25) is 0 Å². The fraction of sp³-hybridized carbons (Fsp3) is 0.389. The van der Waals surface area contributed by atoms with Crippen LogP contribution in [0.4, 0.5) is 11.5 Å². The zero-order valence-electron chi connectivity index (χ0n) is 15.2. The van der Waals surface area contributed by atoms with E-state index in [-0.39, 0.29) is 24.0 Å². The Morgan fingerprint density at radius 2 is 1.88 bits per heavy atom. The SMILES string of the molecule is CCCCn1c(N)c(N(CC)C(=O)c2ccc(SC)cc2)c(=O)[nH]c1=O. The van der Waals surface area contributed by atoms with Gasteiger partial charge in [-0.1, -0.05) is 13.3 Å². The molecule has 7 nitrogen and oxygen atoms in total. The van der Waals surface area contributed by atoms with Gasteiger partial charge in [0.05, 0.1) is 0 Å². The van der Waals surface area contributed by atoms with Gasteiger partial charge in [0.1, 0.15) is 5.82 Å². The molecule has 0 aliphatic rings. The number of aromatic nitrogens is 2. The van der Waals surface area contributed by atoms with Crippen molar-refractivity contribution >= 4 is 29.2 Å². The lowest BCUT2D eigenvalue weighted by molar-refractivity contribution is 0.0988. The second-order valence-corrected chi connectivity index (χ2v) is 6.66. The summed E-state index contributed by atoms with van der Waals surface area (Å²) in [7, 11) is 0. The van der Waals surface area contributed by atoms with Gasteiger partial charge >= 0.3 is 5.69 Å². The molecule has 1 aromatic heterocycles. The molecule has 0 spiro atoms. The number of nitrogen functional groups attached to an aromatic ring is 1. The van der Waals surface area contributed by atoms with Gasteiger partial charge < -0.3 is 10.6 Å². The highest BCUT2D eigenvalue weighted by Crippen LogP contribution is 2.21. The van der Waals surface area contributed by atoms with Gasteiger partial charge in [-0.05, 0) is 43.9 Å². The number of aromatic amines is 1. The van der Waals surface area contributed by atoms with E-state index in [1.807, 2.05) is 25.3 Å². The third-order valence-electron chi connectivity index (χ3n) is 4.12. The molecule has 0 aliphatic heterocycles. The number of rotatable bonds is 7. The molecular weight excluding hydrogens is 352 g/mol. The lowest BCUT2D eigenvalue weighted by Gasteiger charge is -2.23. The summed E-state index contributed by atoms with van der Waals surface area (Å²) >= 11 is 1.58. The first-order valence-corrected chi connectivity index (χ1v) is 9.75. The Bertz CT molecular complexity index is 887. The number of benzene rings is 1. The van der Waals surface area contributed by atoms with Crippen LogP contribution in [0.15, 0.2) is 38.8 Å². The Balaban J connectivity index is 2.50. The van der Waals surface area contributed by atoms with Crippen molar-refractivity contribution in [3.63, 3.8) is 0 Å². The largest absolute Gasteiger partial charge is 0.383 e. The van der Waals surface area contributed by atoms with Crippen molar-refractivity contribution in [2.24, 2.45) is 0 Å². The minimum Gasteiger partial charge on any atom is -0.383 e. The maximum Gasteiger partial charge on any atom is 0.330 e. The molecule has 0 bridgehead atoms. The first-order chi connectivity index (χ1) is 12.4. The molecule has 1 aromatic carbocycles. The van der Waals surface area contributed by atoms with E-state index >= 15 is 0 Å². The molecule has 8 heteroatoms. The summed E-state index contributed by atoms with van der Waals surface area (Å²) in [5, 5.41) is 0. The number of hydrogen-bond donors (Lipinski definition) is 2. The lowest BCUT2D eigenvalue weighted by atomic mass is 10.2. The predicted octanol–water partition coefficient (Wildman–Crippen LogP) is 2.31. The summed E-state index contributed by atoms with van der Waals surface area (Å²) in [6, 6.07) is 7.13. The first-order valence-electron chi connectivity index (χ1n) is 8.53. The summed E-state index contributed by atoms with van der Waals surface area (Å²) < 4.78 is 1.31. The Kier molecular flexibility index (Phi) is 6.68. The van der Waals surface area contributed by atoms with Crippen molar-refractivity contribution in [2.75, 3.05) is 23.4 Å². The fourth-order valence-corrected chi connectivity index (χ4v) is 3.08. The van der Waals surface area contributed by atoms with E-state index in [0.717, 1.165) is 17.7 Å². The minimum atomic E-state index is -0.656. The summed E-state index contributed by atoms with van der Waals surface area (Å²) in [6.45, 7) is 4.39. The van der Waals surface area contributed by atoms with Crippen molar-refractivity contribution in [2.45, 2.75) is 38.1 Å². The van der Waals surface area contributed by atoms with Crippen LogP contribution in [-0.2, 0) is 6.54 Å². The van der Waals surface area contributed by atoms with Gasteiger partial charge in [-0.15, -0.1) is 11.8 Å². The summed E-state index contributed by atoms with van der Waals surface area (Å²) in [5.74, 6) is -0.318. The van der Waals surface area contributed by atoms with Gasteiger partial charge in [-0.3, -0.25) is 19.1 Å². The molecular formula is C18H24N4O3S. The minimum absolute atomic E-state index is 0.0159. The van der Waals surface area contributed by atoms with E-state index in [1.165, 1.54) is 9.47 Å². The number of carbonyl (C=O) groups excluding carboxylic acids is 1. The van der Waals surface area contributed by atoms with Crippen LogP contribution in [0.1, 0.15) is 37.0 Å². The van der Waals surface area contributed by atoms with Crippen molar-refractivity contribution in [3.8, 4) is 0 Å². The average molecular weight is 376 g/mol. The average Bonchev–Trinajstić information content (AvgIpc) is 2.64. The second kappa shape index (κ2) is 8.75. The highest BCUT2D eigenvalue weighted by atomic mass is 32.2. The number of hydrogen-bond acceptors (Lipinski definition) is 5. The van der Waals surface area contributed by atoms with Gasteiger partial charge in [0.15, 0.2) is 5.69 Å². The van der Waals surface area contributed by atoms with Crippen LogP contribution in [0.2, 0.25) is 0 Å². The molecule has 0 aliphatic carbocycles. The Morgan fingerprint density at radius 3 is 2.42 bits per heavy atom. The molecule has 0 saturated heterocycles. The van der Waals surface area contributed by atoms with Crippen LogP contribution in [-0.4, -0.2) is 28.3 Å². The molecule has 0 saturated carbocycles. The standard InChI is InChI=1S/C18H24N4O3S/c1-4-6-11-22-15(19)14(16(23)20-18(22)25)21(5-2)17(24)12-7-9-13(26-3)10-8-12/h7-10H,4-6,11,19H2,1-3H3,(H,20,23,25). The van der Waals surface area contributed by atoms with Crippen LogP contribution in [0, 0.1) is 0 Å². The third kappa shape index (κ3) is 4.01. The maximum absolute atomic E-state index is 12.9. The third-order valence-corrected chi connectivity index (χ3v) is 4.86. The predicted molar refractivity (Wildman–Crippen MR) is 106 cm³/mol. The van der Waals surface area contributed by atoms with Crippen molar-refractivity contribution < 1.29 is 4.79 Å². The molecule has 3 N–H and O–H groups in total. The highest BCUT2D eigenvalue weighted by Gasteiger charge is 2.23. The van der Waals surface area contributed by atoms with E-state index in [1.54, 1.807) is 30.8 Å². The number of nitrogens with one attached hydrogen (secondary N) is 1. The molecule has 0 unspecified atom stereocenters. The molecule has 0 radical (unpaired) electrons. The molecule has 1 amide bonds. The van der Waals surface area contributed by atoms with E-state index in [9.17, 15) is 14.4 Å². The van der Waals surface area contributed by atoms with Crippen LogP contribution in [0.5, 0.6) is 0 Å². The van der Waals surface area contributed by atoms with Crippen LogP contribution < -0.4 is 21.9 Å². The number of amides is 1. The van der Waals surface area contributed by atoms with Gasteiger partial charge in [-0.2, -0.15) is 0 Å². The fourth-order valence-electron chi connectivity index (χ4n) is 2.67. The van der Waals surface area contributed by atoms with E-state index < -0.39 is 11.2 Å². The number of thioether (sulfide) groups is 1. The Hall–Kier alpha value is -2.48. The van der Waals surface area contributed by atoms with Gasteiger partial charge in [0, 0.05) is 23.5 Å². The normalized spacial score (nSPS) is 10.7. The van der Waals surface area contributed by atoms with Gasteiger partial charge in [0.25, 0.3) is 11.5 Å². The number of anilines is 2. The zero-order chi connectivity index (χ0) is 19.3. The zero-order valence-corrected chi connectivity index (χ0v) is 16.1. The number of unbranched alkanes of at least 4 members (excludes halogenated alkanes) is 1. The molecule has 140 valence electrons. The summed E-state index contributed by atoms with van der Waals surface area (Å²) in [6.07, 6.45) is 3.57. The van der Waals surface area contributed by atoms with Crippen molar-refractivity contribution in [1.82, 2.24) is 9.55 Å². The molecule has 2 rings (SSSR count). The van der Waals surface area contributed by atoms with Crippen molar-refractivity contribution in [3.05, 3.63) is 50.7 Å². The maximum atomic E-state index is 12.9. The molecule has 2 aromatic rings. The summed E-state index contributed by atoms with van der Waals surface area (Å²) in [5.41, 5.74) is 5.36. The van der Waals surface area contributed by atoms with Gasteiger partial charge in [-0.25, -0.2) is 4.79 Å². The van der Waals surface area contributed by atoms with E-state index in [2.05, 4.69) is 4.98 Å². The monoisotopic (exact) mass is 376 g/mol. The summed E-state index contributed by atoms with van der Waals surface area (Å²) in [4.78, 5) is 42.0. The van der Waals surface area contributed by atoms with Crippen LogP contribution in [0.3, 0.4) is 0 Å². The second-order valence-electron chi connectivity index (χ2n) is 5.78. The quantitative estimate of drug-likeness (QED) is 0.722. The van der Waals surface area contributed by atoms with Crippen LogP contribution >= 0.6 is 11.8 Å². The Labute approximate surface area is 156 Å². The van der Waals surface area contributed by atoms with Crippen molar-refractivity contribution in [1.29, 1.82) is 0 Å². The number of H-pyrrole nitrogens is 1. The molecule has 26 heavy (non-hydrogen) atoms. The molecule has 0 fully saturated rings.